The average molecular weight is 267 g/mol. The van der Waals surface area contributed by atoms with Crippen LogP contribution in [0.5, 0.6) is 0 Å². The number of nitrogens with zero attached hydrogens (tertiary/aromatic N) is 1. The number of ketones is 1. The van der Waals surface area contributed by atoms with Gasteiger partial charge in [-0.3, -0.25) is 4.79 Å². The third kappa shape index (κ3) is 1.75. The van der Waals surface area contributed by atoms with Gasteiger partial charge in [0.2, 0.25) is 0 Å². The zero-order chi connectivity index (χ0) is 14.3. The second-order valence-corrected chi connectivity index (χ2v) is 5.92. The van der Waals surface area contributed by atoms with Gasteiger partial charge in [-0.1, -0.05) is 37.6 Å². The van der Waals surface area contributed by atoms with Crippen molar-refractivity contribution in [3.63, 3.8) is 0 Å². The van der Waals surface area contributed by atoms with E-state index in [1.807, 2.05) is 12.1 Å². The number of anilines is 1. The van der Waals surface area contributed by atoms with Crippen LogP contribution in [-0.2, 0) is 4.79 Å². The lowest BCUT2D eigenvalue weighted by Gasteiger charge is -2.34. The standard InChI is InChI=1S/C18H21NO/c1-4-15-13(2)18(3)10-11-19(17(18)12-16(15)20)14-8-6-5-7-9-14/h5-9,12H,4,10-11H2,1-3H3. The first-order valence-corrected chi connectivity index (χ1v) is 7.37. The molecule has 0 amide bonds. The lowest BCUT2D eigenvalue weighted by Crippen LogP contribution is -2.29. The van der Waals surface area contributed by atoms with E-state index in [4.69, 9.17) is 0 Å². The fourth-order valence-electron chi connectivity index (χ4n) is 3.54. The van der Waals surface area contributed by atoms with Gasteiger partial charge in [-0.2, -0.15) is 0 Å². The number of carbonyl (C=O) groups excluding carboxylic acids is 1. The van der Waals surface area contributed by atoms with E-state index in [-0.39, 0.29) is 11.2 Å². The Kier molecular flexibility index (Phi) is 3.04. The Morgan fingerprint density at radius 1 is 1.25 bits per heavy atom. The number of hydrogen-bond donors (Lipinski definition) is 0. The van der Waals surface area contributed by atoms with Crippen molar-refractivity contribution >= 4 is 11.5 Å². The highest BCUT2D eigenvalue weighted by molar-refractivity contribution is 6.07. The van der Waals surface area contributed by atoms with E-state index < -0.39 is 0 Å². The molecule has 1 aliphatic carbocycles. The Balaban J connectivity index is 2.07. The topological polar surface area (TPSA) is 20.3 Å². The molecule has 2 nitrogen and oxygen atoms in total. The molecule has 3 rings (SSSR count). The van der Waals surface area contributed by atoms with Crippen molar-refractivity contribution in [2.75, 3.05) is 11.4 Å². The molecule has 1 fully saturated rings. The molecule has 0 aromatic heterocycles. The van der Waals surface area contributed by atoms with Crippen molar-refractivity contribution in [2.45, 2.75) is 33.6 Å². The van der Waals surface area contributed by atoms with Crippen LogP contribution >= 0.6 is 0 Å². The maximum absolute atomic E-state index is 12.3. The average Bonchev–Trinajstić information content (AvgIpc) is 2.79. The summed E-state index contributed by atoms with van der Waals surface area (Å²) in [6.07, 6.45) is 3.78. The molecule has 1 unspecified atom stereocenters. The number of allylic oxidation sites excluding steroid dienone is 3. The van der Waals surface area contributed by atoms with Gasteiger partial charge in [0.05, 0.1) is 0 Å². The van der Waals surface area contributed by atoms with Crippen LogP contribution in [0.2, 0.25) is 0 Å². The summed E-state index contributed by atoms with van der Waals surface area (Å²) < 4.78 is 0. The number of hydrogen-bond acceptors (Lipinski definition) is 2. The zero-order valence-electron chi connectivity index (χ0n) is 12.4. The van der Waals surface area contributed by atoms with Crippen molar-refractivity contribution in [1.82, 2.24) is 0 Å². The van der Waals surface area contributed by atoms with E-state index in [0.29, 0.717) is 0 Å². The van der Waals surface area contributed by atoms with Gasteiger partial charge in [0.1, 0.15) is 0 Å². The predicted octanol–water partition coefficient (Wildman–Crippen LogP) is 4.10. The smallest absolute Gasteiger partial charge is 0.183 e. The third-order valence-corrected chi connectivity index (χ3v) is 4.96. The molecular weight excluding hydrogens is 246 g/mol. The highest BCUT2D eigenvalue weighted by Gasteiger charge is 2.44. The van der Waals surface area contributed by atoms with Crippen molar-refractivity contribution in [3.8, 4) is 0 Å². The SMILES string of the molecule is CCC1=C(C)C2(C)CCN(c3ccccc3)C2=CC1=O. The van der Waals surface area contributed by atoms with Crippen molar-refractivity contribution in [1.29, 1.82) is 0 Å². The second kappa shape index (κ2) is 4.62. The minimum Gasteiger partial charge on any atom is -0.344 e. The lowest BCUT2D eigenvalue weighted by molar-refractivity contribution is -0.111. The Labute approximate surface area is 120 Å². The third-order valence-electron chi connectivity index (χ3n) is 4.96. The van der Waals surface area contributed by atoms with E-state index >= 15 is 0 Å². The van der Waals surface area contributed by atoms with Crippen molar-refractivity contribution < 1.29 is 4.79 Å². The number of para-hydroxylation sites is 1. The zero-order valence-corrected chi connectivity index (χ0v) is 12.4. The molecule has 1 aromatic rings. The van der Waals surface area contributed by atoms with Crippen LogP contribution in [0.4, 0.5) is 5.69 Å². The Morgan fingerprint density at radius 3 is 2.60 bits per heavy atom. The van der Waals surface area contributed by atoms with Crippen LogP contribution in [0.25, 0.3) is 0 Å². The maximum atomic E-state index is 12.3. The Morgan fingerprint density at radius 2 is 1.95 bits per heavy atom. The molecule has 2 aliphatic rings. The summed E-state index contributed by atoms with van der Waals surface area (Å²) in [5.74, 6) is 0.195. The van der Waals surface area contributed by atoms with E-state index in [0.717, 1.165) is 25.0 Å². The van der Waals surface area contributed by atoms with Crippen molar-refractivity contribution in [2.24, 2.45) is 5.41 Å². The molecule has 20 heavy (non-hydrogen) atoms. The Hall–Kier alpha value is -1.83. The first-order valence-electron chi connectivity index (χ1n) is 7.37. The van der Waals surface area contributed by atoms with Crippen molar-refractivity contribution in [3.05, 3.63) is 53.3 Å². The van der Waals surface area contributed by atoms with E-state index in [9.17, 15) is 4.79 Å². The van der Waals surface area contributed by atoms with Crippen LogP contribution in [0, 0.1) is 5.41 Å². The minimum atomic E-state index is 0.0229. The molecule has 0 spiro atoms. The number of fused-ring (bicyclic) bond motifs is 1. The highest BCUT2D eigenvalue weighted by atomic mass is 16.1. The fraction of sp³-hybridized carbons (Fsp3) is 0.389. The summed E-state index contributed by atoms with van der Waals surface area (Å²) >= 11 is 0. The van der Waals surface area contributed by atoms with Crippen LogP contribution in [0.1, 0.15) is 33.6 Å². The largest absolute Gasteiger partial charge is 0.344 e. The quantitative estimate of drug-likeness (QED) is 0.804. The molecule has 0 N–H and O–H groups in total. The van der Waals surface area contributed by atoms with E-state index in [1.165, 1.54) is 17.0 Å². The normalized spacial score (nSPS) is 25.9. The molecule has 0 radical (unpaired) electrons. The van der Waals surface area contributed by atoms with Gasteiger partial charge < -0.3 is 4.90 Å². The molecule has 1 heterocycles. The number of rotatable bonds is 2. The van der Waals surface area contributed by atoms with E-state index in [2.05, 4.69) is 49.9 Å². The highest BCUT2D eigenvalue weighted by Crippen LogP contribution is 2.50. The lowest BCUT2D eigenvalue weighted by atomic mass is 9.72. The molecule has 1 aromatic carbocycles. The molecular formula is C18H21NO. The molecule has 0 saturated carbocycles. The molecule has 104 valence electrons. The van der Waals surface area contributed by atoms with Crippen LogP contribution in [0.15, 0.2) is 53.3 Å². The number of carbonyl (C=O) groups is 1. The molecule has 2 heteroatoms. The van der Waals surface area contributed by atoms with Crippen LogP contribution < -0.4 is 4.90 Å². The summed E-state index contributed by atoms with van der Waals surface area (Å²) in [5, 5.41) is 0. The molecule has 1 saturated heterocycles. The first-order chi connectivity index (χ1) is 9.58. The minimum absolute atomic E-state index is 0.0229. The molecule has 1 atom stereocenters. The maximum Gasteiger partial charge on any atom is 0.183 e. The first kappa shape index (κ1) is 13.2. The van der Waals surface area contributed by atoms with Gasteiger partial charge in [-0.25, -0.2) is 0 Å². The van der Waals surface area contributed by atoms with Gasteiger partial charge >= 0.3 is 0 Å². The second-order valence-electron chi connectivity index (χ2n) is 5.92. The van der Waals surface area contributed by atoms with Gasteiger partial charge in [0.15, 0.2) is 5.78 Å². The summed E-state index contributed by atoms with van der Waals surface area (Å²) in [7, 11) is 0. The van der Waals surface area contributed by atoms with Crippen LogP contribution in [-0.4, -0.2) is 12.3 Å². The van der Waals surface area contributed by atoms with Gasteiger partial charge in [-0.05, 0) is 37.5 Å². The van der Waals surface area contributed by atoms with Crippen LogP contribution in [0.3, 0.4) is 0 Å². The fourth-order valence-corrected chi connectivity index (χ4v) is 3.54. The Bertz CT molecular complexity index is 612. The van der Waals surface area contributed by atoms with Gasteiger partial charge in [0, 0.05) is 29.4 Å². The molecule has 0 bridgehead atoms. The van der Waals surface area contributed by atoms with E-state index in [1.54, 1.807) is 0 Å². The summed E-state index contributed by atoms with van der Waals surface area (Å²) in [5.41, 5.74) is 4.65. The monoisotopic (exact) mass is 267 g/mol. The van der Waals surface area contributed by atoms with Gasteiger partial charge in [-0.15, -0.1) is 0 Å². The summed E-state index contributed by atoms with van der Waals surface area (Å²) in [6, 6.07) is 10.4. The summed E-state index contributed by atoms with van der Waals surface area (Å²) in [6.45, 7) is 7.47. The summed E-state index contributed by atoms with van der Waals surface area (Å²) in [4.78, 5) is 14.6. The molecule has 1 aliphatic heterocycles. The number of benzene rings is 1. The van der Waals surface area contributed by atoms with Gasteiger partial charge in [0.25, 0.3) is 0 Å². The predicted molar refractivity (Wildman–Crippen MR) is 82.6 cm³/mol.